The van der Waals surface area contributed by atoms with Crippen LogP contribution < -0.4 is 15.0 Å². The summed E-state index contributed by atoms with van der Waals surface area (Å²) in [6.07, 6.45) is 0.178. The molecule has 0 bridgehead atoms. The highest BCUT2D eigenvalue weighted by Gasteiger charge is 2.21. The number of nitrogens with one attached hydrogen (secondary N) is 1. The van der Waals surface area contributed by atoms with E-state index in [1.165, 1.54) is 11.3 Å². The van der Waals surface area contributed by atoms with Crippen molar-refractivity contribution < 1.29 is 9.53 Å². The fourth-order valence-electron chi connectivity index (χ4n) is 3.29. The standard InChI is InChI=1S/C22H29N3O2/c1-17(2)27-21-9-7-20(8-10-21)24-11-13-25(14-12-24)22(26)23-16-19-6-4-5-18(3)15-19/h4-10,15,17H,11-14,16H2,1-3H3,(H,23,26). The summed E-state index contributed by atoms with van der Waals surface area (Å²) in [7, 11) is 0. The number of aryl methyl sites for hydroxylation is 1. The summed E-state index contributed by atoms with van der Waals surface area (Å²) in [5, 5.41) is 3.03. The number of piperazine rings is 1. The highest BCUT2D eigenvalue weighted by Crippen LogP contribution is 2.21. The molecule has 5 heteroatoms. The number of urea groups is 1. The van der Waals surface area contributed by atoms with E-state index < -0.39 is 0 Å². The van der Waals surface area contributed by atoms with Gasteiger partial charge in [-0.15, -0.1) is 0 Å². The summed E-state index contributed by atoms with van der Waals surface area (Å²) >= 11 is 0. The molecule has 0 unspecified atom stereocenters. The third kappa shape index (κ3) is 5.39. The minimum atomic E-state index is 0.0110. The van der Waals surface area contributed by atoms with Crippen molar-refractivity contribution in [3.05, 3.63) is 59.7 Å². The molecule has 1 saturated heterocycles. The lowest BCUT2D eigenvalue weighted by Crippen LogP contribution is -2.51. The molecule has 144 valence electrons. The average Bonchev–Trinajstić information content (AvgIpc) is 2.66. The normalized spacial score (nSPS) is 14.4. The van der Waals surface area contributed by atoms with E-state index >= 15 is 0 Å². The molecule has 3 rings (SSSR count). The molecule has 0 aliphatic carbocycles. The van der Waals surface area contributed by atoms with Crippen LogP contribution in [0.4, 0.5) is 10.5 Å². The number of amides is 2. The highest BCUT2D eigenvalue weighted by atomic mass is 16.5. The maximum atomic E-state index is 12.4. The smallest absolute Gasteiger partial charge is 0.317 e. The molecular formula is C22H29N3O2. The second-order valence-electron chi connectivity index (χ2n) is 7.28. The van der Waals surface area contributed by atoms with E-state index in [4.69, 9.17) is 4.74 Å². The summed E-state index contributed by atoms with van der Waals surface area (Å²) in [5.41, 5.74) is 3.51. The van der Waals surface area contributed by atoms with Crippen LogP contribution in [-0.2, 0) is 6.54 Å². The molecule has 1 aliphatic rings. The quantitative estimate of drug-likeness (QED) is 0.874. The van der Waals surface area contributed by atoms with Crippen molar-refractivity contribution in [2.24, 2.45) is 0 Å². The molecule has 0 saturated carbocycles. The zero-order valence-corrected chi connectivity index (χ0v) is 16.4. The van der Waals surface area contributed by atoms with Crippen LogP contribution in [0.15, 0.2) is 48.5 Å². The number of hydrogen-bond donors (Lipinski definition) is 1. The van der Waals surface area contributed by atoms with Crippen LogP contribution >= 0.6 is 0 Å². The average molecular weight is 367 g/mol. The monoisotopic (exact) mass is 367 g/mol. The lowest BCUT2D eigenvalue weighted by molar-refractivity contribution is 0.194. The maximum absolute atomic E-state index is 12.4. The number of anilines is 1. The van der Waals surface area contributed by atoms with Gasteiger partial charge in [0.2, 0.25) is 0 Å². The van der Waals surface area contributed by atoms with Gasteiger partial charge < -0.3 is 19.9 Å². The number of hydrogen-bond acceptors (Lipinski definition) is 3. The topological polar surface area (TPSA) is 44.8 Å². The second kappa shape index (κ2) is 8.80. The molecule has 2 amide bonds. The predicted octanol–water partition coefficient (Wildman–Crippen LogP) is 3.81. The van der Waals surface area contributed by atoms with Gasteiger partial charge in [-0.1, -0.05) is 29.8 Å². The van der Waals surface area contributed by atoms with Crippen molar-refractivity contribution in [1.29, 1.82) is 0 Å². The number of carbonyl (C=O) groups excluding carboxylic acids is 1. The predicted molar refractivity (Wildman–Crippen MR) is 109 cm³/mol. The molecule has 1 heterocycles. The summed E-state index contributed by atoms with van der Waals surface area (Å²) < 4.78 is 5.70. The highest BCUT2D eigenvalue weighted by molar-refractivity contribution is 5.74. The van der Waals surface area contributed by atoms with Crippen LogP contribution in [0, 0.1) is 6.92 Å². The van der Waals surface area contributed by atoms with E-state index in [2.05, 4.69) is 41.4 Å². The first-order valence-corrected chi connectivity index (χ1v) is 9.61. The minimum absolute atomic E-state index is 0.0110. The van der Waals surface area contributed by atoms with Crippen molar-refractivity contribution >= 4 is 11.7 Å². The number of ether oxygens (including phenoxy) is 1. The van der Waals surface area contributed by atoms with E-state index in [0.29, 0.717) is 6.54 Å². The molecule has 5 nitrogen and oxygen atoms in total. The van der Waals surface area contributed by atoms with E-state index in [-0.39, 0.29) is 12.1 Å². The molecule has 27 heavy (non-hydrogen) atoms. The van der Waals surface area contributed by atoms with Crippen molar-refractivity contribution in [3.63, 3.8) is 0 Å². The SMILES string of the molecule is Cc1cccc(CNC(=O)N2CCN(c3ccc(OC(C)C)cc3)CC2)c1. The maximum Gasteiger partial charge on any atom is 0.317 e. The fraction of sp³-hybridized carbons (Fsp3) is 0.409. The van der Waals surface area contributed by atoms with E-state index in [1.54, 1.807) is 0 Å². The number of nitrogens with zero attached hydrogens (tertiary/aromatic N) is 2. The van der Waals surface area contributed by atoms with E-state index in [0.717, 1.165) is 37.5 Å². The number of carbonyl (C=O) groups is 1. The van der Waals surface area contributed by atoms with Crippen molar-refractivity contribution in [2.75, 3.05) is 31.1 Å². The first kappa shape index (κ1) is 19.1. The second-order valence-corrected chi connectivity index (χ2v) is 7.28. The first-order valence-electron chi connectivity index (χ1n) is 9.61. The van der Waals surface area contributed by atoms with Crippen LogP contribution in [0.2, 0.25) is 0 Å². The molecule has 0 spiro atoms. The Morgan fingerprint density at radius 1 is 1.07 bits per heavy atom. The molecule has 1 N–H and O–H groups in total. The summed E-state index contributed by atoms with van der Waals surface area (Å²) in [4.78, 5) is 16.6. The Bertz CT molecular complexity index is 750. The largest absolute Gasteiger partial charge is 0.491 e. The Morgan fingerprint density at radius 3 is 2.41 bits per heavy atom. The third-order valence-corrected chi connectivity index (χ3v) is 4.67. The van der Waals surface area contributed by atoms with Gasteiger partial charge in [-0.25, -0.2) is 4.79 Å². The van der Waals surface area contributed by atoms with Gasteiger partial charge in [0.05, 0.1) is 6.10 Å². The lowest BCUT2D eigenvalue weighted by Gasteiger charge is -2.36. The van der Waals surface area contributed by atoms with Crippen LogP contribution in [-0.4, -0.2) is 43.2 Å². The Hall–Kier alpha value is -2.69. The van der Waals surface area contributed by atoms with Crippen molar-refractivity contribution in [3.8, 4) is 5.75 Å². The molecule has 2 aromatic rings. The zero-order valence-electron chi connectivity index (χ0n) is 16.4. The number of rotatable bonds is 5. The van der Waals surface area contributed by atoms with Gasteiger partial charge in [-0.2, -0.15) is 0 Å². The van der Waals surface area contributed by atoms with Crippen molar-refractivity contribution in [1.82, 2.24) is 10.2 Å². The van der Waals surface area contributed by atoms with Crippen molar-refractivity contribution in [2.45, 2.75) is 33.4 Å². The van der Waals surface area contributed by atoms with Gasteiger partial charge in [-0.05, 0) is 50.6 Å². The van der Waals surface area contributed by atoms with Gasteiger partial charge in [0, 0.05) is 38.4 Å². The summed E-state index contributed by atoms with van der Waals surface area (Å²) in [5.74, 6) is 0.892. The molecule has 2 aromatic carbocycles. The Kier molecular flexibility index (Phi) is 6.22. The molecular weight excluding hydrogens is 338 g/mol. The Labute approximate surface area is 161 Å². The molecule has 1 aliphatic heterocycles. The minimum Gasteiger partial charge on any atom is -0.491 e. The molecule has 0 radical (unpaired) electrons. The molecule has 0 atom stereocenters. The van der Waals surface area contributed by atoms with Crippen LogP contribution in [0.3, 0.4) is 0 Å². The van der Waals surface area contributed by atoms with E-state index in [1.807, 2.05) is 43.0 Å². The first-order chi connectivity index (χ1) is 13.0. The van der Waals surface area contributed by atoms with Gasteiger partial charge >= 0.3 is 6.03 Å². The van der Waals surface area contributed by atoms with Crippen LogP contribution in [0.25, 0.3) is 0 Å². The van der Waals surface area contributed by atoms with E-state index in [9.17, 15) is 4.79 Å². The summed E-state index contributed by atoms with van der Waals surface area (Å²) in [6.45, 7) is 9.80. The van der Waals surface area contributed by atoms with Gasteiger partial charge in [0.1, 0.15) is 5.75 Å². The van der Waals surface area contributed by atoms with Gasteiger partial charge in [0.15, 0.2) is 0 Å². The number of benzene rings is 2. The third-order valence-electron chi connectivity index (χ3n) is 4.67. The lowest BCUT2D eigenvalue weighted by atomic mass is 10.1. The van der Waals surface area contributed by atoms with Gasteiger partial charge in [0.25, 0.3) is 0 Å². The molecule has 1 fully saturated rings. The van der Waals surface area contributed by atoms with Crippen LogP contribution in [0.5, 0.6) is 5.75 Å². The fourth-order valence-corrected chi connectivity index (χ4v) is 3.29. The van der Waals surface area contributed by atoms with Gasteiger partial charge in [-0.3, -0.25) is 0 Å². The zero-order chi connectivity index (χ0) is 19.2. The summed E-state index contributed by atoms with van der Waals surface area (Å²) in [6, 6.07) is 16.4. The van der Waals surface area contributed by atoms with Crippen LogP contribution in [0.1, 0.15) is 25.0 Å². The Morgan fingerprint density at radius 2 is 1.78 bits per heavy atom. The Balaban J connectivity index is 1.47. The molecule has 0 aromatic heterocycles.